The normalized spacial score (nSPS) is 11.3. The number of hydrogen-bond acceptors (Lipinski definition) is 7. The van der Waals surface area contributed by atoms with E-state index in [0.29, 0.717) is 30.3 Å². The molecule has 3 heterocycles. The van der Waals surface area contributed by atoms with Crippen molar-refractivity contribution in [3.63, 3.8) is 0 Å². The van der Waals surface area contributed by atoms with Gasteiger partial charge in [0.15, 0.2) is 5.82 Å². The van der Waals surface area contributed by atoms with Crippen molar-refractivity contribution in [1.29, 1.82) is 0 Å². The van der Waals surface area contributed by atoms with Crippen LogP contribution in [0, 0.1) is 0 Å². The number of hydrogen-bond donors (Lipinski definition) is 1. The fourth-order valence-corrected chi connectivity index (χ4v) is 1.66. The minimum Gasteiger partial charge on any atom is -0.396 e. The lowest BCUT2D eigenvalue weighted by Gasteiger charge is -1.96. The molecule has 1 N–H and O–H groups in total. The molecule has 0 radical (unpaired) electrons. The fraction of sp³-hybridized carbons (Fsp3) is 0.364. The van der Waals surface area contributed by atoms with Gasteiger partial charge in [-0.25, -0.2) is 9.50 Å². The molecule has 0 aliphatic rings. The third kappa shape index (κ3) is 2.17. The lowest BCUT2D eigenvalue weighted by Crippen LogP contribution is -1.97. The van der Waals surface area contributed by atoms with E-state index in [9.17, 15) is 0 Å². The van der Waals surface area contributed by atoms with Crippen molar-refractivity contribution < 1.29 is 9.63 Å². The van der Waals surface area contributed by atoms with Crippen LogP contribution in [-0.2, 0) is 12.8 Å². The van der Waals surface area contributed by atoms with Crippen molar-refractivity contribution in [2.75, 3.05) is 6.61 Å². The van der Waals surface area contributed by atoms with Crippen LogP contribution >= 0.6 is 0 Å². The summed E-state index contributed by atoms with van der Waals surface area (Å²) in [4.78, 5) is 12.5. The van der Waals surface area contributed by atoms with E-state index in [0.717, 1.165) is 5.56 Å². The van der Waals surface area contributed by atoms with Gasteiger partial charge < -0.3 is 9.63 Å². The Morgan fingerprint density at radius 1 is 1.37 bits per heavy atom. The summed E-state index contributed by atoms with van der Waals surface area (Å²) in [7, 11) is 0. The summed E-state index contributed by atoms with van der Waals surface area (Å²) in [6.45, 7) is 2.01. The molecule has 0 aromatic carbocycles. The highest BCUT2D eigenvalue weighted by molar-refractivity contribution is 5.44. The van der Waals surface area contributed by atoms with Gasteiger partial charge in [0.25, 0.3) is 11.7 Å². The summed E-state index contributed by atoms with van der Waals surface area (Å²) in [6, 6.07) is 0. The van der Waals surface area contributed by atoms with Gasteiger partial charge >= 0.3 is 0 Å². The van der Waals surface area contributed by atoms with Gasteiger partial charge in [-0.3, -0.25) is 0 Å². The molecule has 0 unspecified atom stereocenters. The zero-order chi connectivity index (χ0) is 13.2. The van der Waals surface area contributed by atoms with Crippen LogP contribution in [0.5, 0.6) is 0 Å². The topological polar surface area (TPSA) is 102 Å². The maximum atomic E-state index is 8.90. The Morgan fingerprint density at radius 3 is 3.00 bits per heavy atom. The molecule has 8 nitrogen and oxygen atoms in total. The molecule has 0 fully saturated rings. The molecule has 0 saturated carbocycles. The van der Waals surface area contributed by atoms with Gasteiger partial charge in [-0.1, -0.05) is 12.1 Å². The first-order chi connectivity index (χ1) is 9.30. The first-order valence-electron chi connectivity index (χ1n) is 5.95. The Kier molecular flexibility index (Phi) is 2.92. The number of fused-ring (bicyclic) bond motifs is 1. The quantitative estimate of drug-likeness (QED) is 0.718. The lowest BCUT2D eigenvalue weighted by atomic mass is 10.3. The second kappa shape index (κ2) is 4.73. The van der Waals surface area contributed by atoms with Gasteiger partial charge in [0.1, 0.15) is 0 Å². The Balaban J connectivity index is 2.00. The molecule has 8 heteroatoms. The standard InChI is InChI=1S/C11H12N6O2/c1-2-8-13-10(19-16-8)9-14-11-12-5-7(3-4-18)6-17(11)15-9/h5-6,18H,2-4H2,1H3. The molecule has 3 rings (SSSR count). The first-order valence-corrected chi connectivity index (χ1v) is 5.95. The van der Waals surface area contributed by atoms with Crippen LogP contribution in [0.1, 0.15) is 18.3 Å². The second-order valence-corrected chi connectivity index (χ2v) is 3.99. The third-order valence-electron chi connectivity index (χ3n) is 2.62. The summed E-state index contributed by atoms with van der Waals surface area (Å²) in [5.74, 6) is 1.70. The summed E-state index contributed by atoms with van der Waals surface area (Å²) < 4.78 is 6.62. The monoisotopic (exact) mass is 260 g/mol. The summed E-state index contributed by atoms with van der Waals surface area (Å²) in [5, 5.41) is 16.9. The van der Waals surface area contributed by atoms with E-state index in [1.54, 1.807) is 12.4 Å². The summed E-state index contributed by atoms with van der Waals surface area (Å²) >= 11 is 0. The highest BCUT2D eigenvalue weighted by Crippen LogP contribution is 2.13. The van der Waals surface area contributed by atoms with Gasteiger partial charge in [0, 0.05) is 25.4 Å². The molecule has 0 bridgehead atoms. The average molecular weight is 260 g/mol. The van der Waals surface area contributed by atoms with E-state index in [1.807, 2.05) is 6.92 Å². The smallest absolute Gasteiger partial charge is 0.297 e. The van der Waals surface area contributed by atoms with E-state index in [1.165, 1.54) is 4.52 Å². The van der Waals surface area contributed by atoms with Crippen LogP contribution in [0.25, 0.3) is 17.5 Å². The number of aliphatic hydroxyl groups is 1. The number of aliphatic hydroxyl groups excluding tert-OH is 1. The lowest BCUT2D eigenvalue weighted by molar-refractivity contribution is 0.299. The zero-order valence-corrected chi connectivity index (χ0v) is 10.3. The average Bonchev–Trinajstić information content (AvgIpc) is 3.04. The minimum atomic E-state index is 0.0677. The minimum absolute atomic E-state index is 0.0677. The van der Waals surface area contributed by atoms with E-state index < -0.39 is 0 Å². The molecular weight excluding hydrogens is 248 g/mol. The van der Waals surface area contributed by atoms with E-state index >= 15 is 0 Å². The highest BCUT2D eigenvalue weighted by atomic mass is 16.5. The predicted molar refractivity (Wildman–Crippen MR) is 64.2 cm³/mol. The van der Waals surface area contributed by atoms with E-state index in [2.05, 4.69) is 25.2 Å². The van der Waals surface area contributed by atoms with Crippen molar-refractivity contribution >= 4 is 5.78 Å². The maximum Gasteiger partial charge on any atom is 0.297 e. The molecule has 0 amide bonds. The number of nitrogens with zero attached hydrogens (tertiary/aromatic N) is 6. The molecule has 0 saturated heterocycles. The van der Waals surface area contributed by atoms with Crippen LogP contribution in [0.3, 0.4) is 0 Å². The van der Waals surface area contributed by atoms with Gasteiger partial charge in [-0.05, 0) is 12.0 Å². The van der Waals surface area contributed by atoms with Crippen LogP contribution in [-0.4, -0.2) is 41.4 Å². The second-order valence-electron chi connectivity index (χ2n) is 3.99. The molecule has 19 heavy (non-hydrogen) atoms. The van der Waals surface area contributed by atoms with Crippen LogP contribution in [0.4, 0.5) is 0 Å². The zero-order valence-electron chi connectivity index (χ0n) is 10.3. The molecule has 0 spiro atoms. The van der Waals surface area contributed by atoms with Crippen LogP contribution in [0.15, 0.2) is 16.9 Å². The van der Waals surface area contributed by atoms with Crippen molar-refractivity contribution in [2.24, 2.45) is 0 Å². The maximum absolute atomic E-state index is 8.90. The van der Waals surface area contributed by atoms with Crippen molar-refractivity contribution in [1.82, 2.24) is 29.7 Å². The van der Waals surface area contributed by atoms with Crippen LogP contribution in [0.2, 0.25) is 0 Å². The van der Waals surface area contributed by atoms with Crippen molar-refractivity contribution in [3.8, 4) is 11.7 Å². The van der Waals surface area contributed by atoms with Gasteiger partial charge in [-0.2, -0.15) is 9.97 Å². The number of aromatic nitrogens is 6. The molecule has 0 atom stereocenters. The fourth-order valence-electron chi connectivity index (χ4n) is 1.66. The summed E-state index contributed by atoms with van der Waals surface area (Å²) in [6.07, 6.45) is 4.65. The highest BCUT2D eigenvalue weighted by Gasteiger charge is 2.14. The Labute approximate surface area is 108 Å². The third-order valence-corrected chi connectivity index (χ3v) is 2.62. The van der Waals surface area contributed by atoms with E-state index in [4.69, 9.17) is 9.63 Å². The molecule has 0 aliphatic carbocycles. The first kappa shape index (κ1) is 11.7. The molecular formula is C11H12N6O2. The van der Waals surface area contributed by atoms with Crippen LogP contribution < -0.4 is 0 Å². The van der Waals surface area contributed by atoms with Gasteiger partial charge in [0.2, 0.25) is 5.82 Å². The SMILES string of the molecule is CCc1noc(-c2nc3ncc(CCO)cn3n2)n1. The Morgan fingerprint density at radius 2 is 2.26 bits per heavy atom. The number of rotatable bonds is 4. The largest absolute Gasteiger partial charge is 0.396 e. The molecule has 3 aromatic rings. The van der Waals surface area contributed by atoms with Gasteiger partial charge in [0.05, 0.1) is 0 Å². The van der Waals surface area contributed by atoms with E-state index in [-0.39, 0.29) is 12.5 Å². The predicted octanol–water partition coefficient (Wildman–Crippen LogP) is 0.271. The Bertz CT molecular complexity index is 704. The summed E-state index contributed by atoms with van der Waals surface area (Å²) in [5.41, 5.74) is 0.881. The molecule has 98 valence electrons. The van der Waals surface area contributed by atoms with Gasteiger partial charge in [-0.15, -0.1) is 5.10 Å². The number of aryl methyl sites for hydroxylation is 1. The van der Waals surface area contributed by atoms with Crippen molar-refractivity contribution in [3.05, 3.63) is 23.8 Å². The van der Waals surface area contributed by atoms with Crippen molar-refractivity contribution in [2.45, 2.75) is 19.8 Å². The Hall–Kier alpha value is -2.35. The molecule has 3 aromatic heterocycles. The molecule has 0 aliphatic heterocycles.